The number of halogens is 1. The van der Waals surface area contributed by atoms with E-state index in [1.807, 2.05) is 41.8 Å². The van der Waals surface area contributed by atoms with Crippen LogP contribution in [0.1, 0.15) is 31.7 Å². The van der Waals surface area contributed by atoms with E-state index in [2.05, 4.69) is 33.1 Å². The minimum Gasteiger partial charge on any atom is -0.493 e. The molecule has 0 radical (unpaired) electrons. The van der Waals surface area contributed by atoms with Crippen molar-refractivity contribution >= 4 is 38.4 Å². The number of rotatable bonds is 8. The Balaban J connectivity index is 1.78. The van der Waals surface area contributed by atoms with Crippen LogP contribution in [-0.2, 0) is 11.3 Å². The molecule has 0 aliphatic heterocycles. The molecule has 7 heteroatoms. The lowest BCUT2D eigenvalue weighted by atomic mass is 10.1. The normalized spacial score (nSPS) is 11.4. The van der Waals surface area contributed by atoms with Crippen molar-refractivity contribution in [3.63, 3.8) is 0 Å². The summed E-state index contributed by atoms with van der Waals surface area (Å²) in [5.74, 6) is 0.0849. The largest absolute Gasteiger partial charge is 0.493 e. The molecule has 152 valence electrons. The lowest BCUT2D eigenvalue weighted by molar-refractivity contribution is -0.120. The Labute approximate surface area is 178 Å². The van der Waals surface area contributed by atoms with E-state index in [0.29, 0.717) is 18.0 Å². The number of hydrogen-bond acceptors (Lipinski definition) is 4. The van der Waals surface area contributed by atoms with Crippen LogP contribution in [-0.4, -0.2) is 22.2 Å². The van der Waals surface area contributed by atoms with E-state index < -0.39 is 5.91 Å². The van der Waals surface area contributed by atoms with Crippen molar-refractivity contribution in [2.75, 3.05) is 6.61 Å². The predicted octanol–water partition coefficient (Wildman–Crippen LogP) is 6.30. The van der Waals surface area contributed by atoms with Crippen LogP contribution >= 0.6 is 15.9 Å². The van der Waals surface area contributed by atoms with Crippen LogP contribution in [0.15, 0.2) is 57.2 Å². The number of aryl methyl sites for hydroxylation is 2. The van der Waals surface area contributed by atoms with Gasteiger partial charge in [0.05, 0.1) is 5.52 Å². The molecule has 1 amide bonds. The standard InChI is InChI=1S/C22H24BrN3O3/c1-3-4-5-12-26-19-11-6-15(2)13-18(19)21(22(26)28)25-24-20(27)14-29-17-9-7-16(23)8-10-17/h6-11,13,28H,3-5,12,14H2,1-2H3. The van der Waals surface area contributed by atoms with Crippen molar-refractivity contribution in [1.82, 2.24) is 4.57 Å². The maximum absolute atomic E-state index is 12.1. The molecule has 0 saturated carbocycles. The second-order valence-electron chi connectivity index (χ2n) is 6.89. The molecule has 3 aromatic rings. The van der Waals surface area contributed by atoms with Gasteiger partial charge in [0.2, 0.25) is 5.88 Å². The van der Waals surface area contributed by atoms with Crippen LogP contribution in [0.2, 0.25) is 0 Å². The van der Waals surface area contributed by atoms with Crippen molar-refractivity contribution in [2.24, 2.45) is 10.2 Å². The van der Waals surface area contributed by atoms with Gasteiger partial charge in [-0.3, -0.25) is 4.79 Å². The highest BCUT2D eigenvalue weighted by atomic mass is 79.9. The molecule has 0 bridgehead atoms. The summed E-state index contributed by atoms with van der Waals surface area (Å²) in [6.45, 7) is 4.58. The average molecular weight is 458 g/mol. The number of ether oxygens (including phenoxy) is 1. The number of aromatic hydroxyl groups is 1. The Bertz CT molecular complexity index is 1030. The van der Waals surface area contributed by atoms with Crippen LogP contribution in [0, 0.1) is 6.92 Å². The number of nitrogens with zero attached hydrogens (tertiary/aromatic N) is 3. The number of azo groups is 1. The molecule has 0 spiro atoms. The summed E-state index contributed by atoms with van der Waals surface area (Å²) in [5, 5.41) is 19.3. The first-order valence-electron chi connectivity index (χ1n) is 9.64. The molecular weight excluding hydrogens is 434 g/mol. The van der Waals surface area contributed by atoms with Crippen LogP contribution in [0.3, 0.4) is 0 Å². The first-order chi connectivity index (χ1) is 14.0. The zero-order valence-electron chi connectivity index (χ0n) is 16.6. The van der Waals surface area contributed by atoms with E-state index in [0.717, 1.165) is 40.2 Å². The fourth-order valence-electron chi connectivity index (χ4n) is 3.09. The summed E-state index contributed by atoms with van der Waals surface area (Å²) in [5.41, 5.74) is 2.25. The van der Waals surface area contributed by atoms with E-state index in [4.69, 9.17) is 4.74 Å². The van der Waals surface area contributed by atoms with E-state index in [1.165, 1.54) is 0 Å². The molecular formula is C22H24BrN3O3. The molecule has 0 aliphatic carbocycles. The molecule has 0 aliphatic rings. The second-order valence-corrected chi connectivity index (χ2v) is 7.80. The first-order valence-corrected chi connectivity index (χ1v) is 10.4. The average Bonchev–Trinajstić information content (AvgIpc) is 2.96. The van der Waals surface area contributed by atoms with E-state index >= 15 is 0 Å². The molecule has 0 atom stereocenters. The zero-order chi connectivity index (χ0) is 20.8. The fraction of sp³-hybridized carbons (Fsp3) is 0.318. The Kier molecular flexibility index (Phi) is 7.04. The summed E-state index contributed by atoms with van der Waals surface area (Å²) in [4.78, 5) is 12.1. The van der Waals surface area contributed by atoms with E-state index in [9.17, 15) is 9.90 Å². The van der Waals surface area contributed by atoms with Crippen LogP contribution in [0.5, 0.6) is 11.6 Å². The number of benzene rings is 2. The van der Waals surface area contributed by atoms with Gasteiger partial charge >= 0.3 is 5.91 Å². The highest BCUT2D eigenvalue weighted by Crippen LogP contribution is 2.39. The molecule has 0 fully saturated rings. The van der Waals surface area contributed by atoms with Gasteiger partial charge in [-0.05, 0) is 49.7 Å². The topological polar surface area (TPSA) is 76.2 Å². The van der Waals surface area contributed by atoms with Crippen molar-refractivity contribution < 1.29 is 14.6 Å². The van der Waals surface area contributed by atoms with E-state index in [-0.39, 0.29) is 12.5 Å². The fourth-order valence-corrected chi connectivity index (χ4v) is 3.36. The summed E-state index contributed by atoms with van der Waals surface area (Å²) in [6.07, 6.45) is 3.13. The highest BCUT2D eigenvalue weighted by molar-refractivity contribution is 9.10. The van der Waals surface area contributed by atoms with Crippen molar-refractivity contribution in [3.8, 4) is 11.6 Å². The Morgan fingerprint density at radius 3 is 2.66 bits per heavy atom. The van der Waals surface area contributed by atoms with Gasteiger partial charge in [-0.1, -0.05) is 47.3 Å². The number of carbonyl (C=O) groups is 1. The molecule has 6 nitrogen and oxygen atoms in total. The third-order valence-corrected chi connectivity index (χ3v) is 5.12. The predicted molar refractivity (Wildman–Crippen MR) is 117 cm³/mol. The molecule has 1 N–H and O–H groups in total. The van der Waals surface area contributed by atoms with Gasteiger partial charge in [0.25, 0.3) is 0 Å². The SMILES string of the molecule is CCCCCn1c(O)c(N=NC(=O)COc2ccc(Br)cc2)c2cc(C)ccc21. The van der Waals surface area contributed by atoms with Crippen LogP contribution in [0.25, 0.3) is 10.9 Å². The minimum atomic E-state index is -0.521. The van der Waals surface area contributed by atoms with Crippen molar-refractivity contribution in [1.29, 1.82) is 0 Å². The second kappa shape index (κ2) is 9.69. The minimum absolute atomic E-state index is 0.0343. The maximum Gasteiger partial charge on any atom is 0.302 e. The van der Waals surface area contributed by atoms with Gasteiger partial charge in [-0.25, -0.2) is 0 Å². The van der Waals surface area contributed by atoms with Crippen molar-refractivity contribution in [2.45, 2.75) is 39.7 Å². The molecule has 0 unspecified atom stereocenters. The van der Waals surface area contributed by atoms with E-state index in [1.54, 1.807) is 12.1 Å². The summed E-state index contributed by atoms with van der Waals surface area (Å²) >= 11 is 3.35. The number of fused-ring (bicyclic) bond motifs is 1. The highest BCUT2D eigenvalue weighted by Gasteiger charge is 2.17. The van der Waals surface area contributed by atoms with Gasteiger partial charge in [0.15, 0.2) is 12.3 Å². The lowest BCUT2D eigenvalue weighted by Gasteiger charge is -2.06. The van der Waals surface area contributed by atoms with Gasteiger partial charge < -0.3 is 14.4 Å². The molecule has 2 aromatic carbocycles. The molecule has 0 saturated heterocycles. The van der Waals surface area contributed by atoms with Gasteiger partial charge in [0.1, 0.15) is 5.75 Å². The number of aromatic nitrogens is 1. The number of unbranched alkanes of at least 4 members (excludes halogenated alkanes) is 2. The zero-order valence-corrected chi connectivity index (χ0v) is 18.1. The third-order valence-electron chi connectivity index (χ3n) is 4.59. The molecule has 3 rings (SSSR count). The van der Waals surface area contributed by atoms with Crippen LogP contribution < -0.4 is 4.74 Å². The van der Waals surface area contributed by atoms with Gasteiger partial charge in [-0.15, -0.1) is 10.2 Å². The van der Waals surface area contributed by atoms with Gasteiger partial charge in [0, 0.05) is 16.4 Å². The Hall–Kier alpha value is -2.67. The number of carbonyl (C=O) groups excluding carboxylic acids is 1. The maximum atomic E-state index is 12.1. The first kappa shape index (κ1) is 21.0. The molecule has 1 aromatic heterocycles. The smallest absolute Gasteiger partial charge is 0.302 e. The van der Waals surface area contributed by atoms with Crippen LogP contribution in [0.4, 0.5) is 5.69 Å². The monoisotopic (exact) mass is 457 g/mol. The third kappa shape index (κ3) is 5.23. The summed E-state index contributed by atoms with van der Waals surface area (Å²) in [7, 11) is 0. The summed E-state index contributed by atoms with van der Waals surface area (Å²) < 4.78 is 8.19. The van der Waals surface area contributed by atoms with Crippen molar-refractivity contribution in [3.05, 3.63) is 52.5 Å². The number of amides is 1. The lowest BCUT2D eigenvalue weighted by Crippen LogP contribution is -2.07. The number of hydrogen-bond donors (Lipinski definition) is 1. The molecule has 29 heavy (non-hydrogen) atoms. The molecule has 1 heterocycles. The summed E-state index contributed by atoms with van der Waals surface area (Å²) in [6, 6.07) is 13.1. The Morgan fingerprint density at radius 1 is 1.17 bits per heavy atom. The quantitative estimate of drug-likeness (QED) is 0.318. The van der Waals surface area contributed by atoms with Gasteiger partial charge in [-0.2, -0.15) is 0 Å². The Morgan fingerprint density at radius 2 is 1.93 bits per heavy atom.